The standard InChI is InChI=1S/C20H24ClN3O/c1-16-15-17(21)7-8-19(16)22-10-9-20(25)24-13-11-23(12-14-24)18-5-3-2-4-6-18/h2-8,15,22H,9-14H2,1H3. The Morgan fingerprint density at radius 3 is 2.48 bits per heavy atom. The van der Waals surface area contributed by atoms with E-state index in [1.54, 1.807) is 0 Å². The zero-order valence-electron chi connectivity index (χ0n) is 14.5. The van der Waals surface area contributed by atoms with Crippen molar-refractivity contribution in [3.8, 4) is 0 Å². The summed E-state index contributed by atoms with van der Waals surface area (Å²) < 4.78 is 0. The predicted octanol–water partition coefficient (Wildman–Crippen LogP) is 3.80. The van der Waals surface area contributed by atoms with Gasteiger partial charge in [0.05, 0.1) is 0 Å². The number of amides is 1. The lowest BCUT2D eigenvalue weighted by molar-refractivity contribution is -0.131. The molecule has 1 fully saturated rings. The summed E-state index contributed by atoms with van der Waals surface area (Å²) >= 11 is 5.97. The van der Waals surface area contributed by atoms with Gasteiger partial charge in [-0.3, -0.25) is 4.79 Å². The van der Waals surface area contributed by atoms with Crippen LogP contribution < -0.4 is 10.2 Å². The van der Waals surface area contributed by atoms with E-state index in [4.69, 9.17) is 11.6 Å². The topological polar surface area (TPSA) is 35.6 Å². The number of rotatable bonds is 5. The number of carbonyl (C=O) groups is 1. The summed E-state index contributed by atoms with van der Waals surface area (Å²) in [4.78, 5) is 16.7. The first-order valence-electron chi connectivity index (χ1n) is 8.71. The van der Waals surface area contributed by atoms with E-state index in [1.807, 2.05) is 36.1 Å². The summed E-state index contributed by atoms with van der Waals surface area (Å²) in [6, 6.07) is 16.1. The third kappa shape index (κ3) is 4.67. The largest absolute Gasteiger partial charge is 0.384 e. The first-order valence-corrected chi connectivity index (χ1v) is 9.09. The molecule has 0 bridgehead atoms. The zero-order chi connectivity index (χ0) is 17.6. The highest BCUT2D eigenvalue weighted by molar-refractivity contribution is 6.30. The van der Waals surface area contributed by atoms with Crippen LogP contribution in [0.2, 0.25) is 5.02 Å². The molecule has 1 saturated heterocycles. The molecule has 5 heteroatoms. The molecule has 0 radical (unpaired) electrons. The lowest BCUT2D eigenvalue weighted by Gasteiger charge is -2.36. The van der Waals surface area contributed by atoms with Crippen LogP contribution in [0.25, 0.3) is 0 Å². The third-order valence-corrected chi connectivity index (χ3v) is 4.83. The van der Waals surface area contributed by atoms with Gasteiger partial charge in [-0.1, -0.05) is 29.8 Å². The molecule has 1 N–H and O–H groups in total. The maximum absolute atomic E-state index is 12.4. The fraction of sp³-hybridized carbons (Fsp3) is 0.350. The van der Waals surface area contributed by atoms with Crippen molar-refractivity contribution in [2.45, 2.75) is 13.3 Å². The van der Waals surface area contributed by atoms with E-state index >= 15 is 0 Å². The lowest BCUT2D eigenvalue weighted by Crippen LogP contribution is -2.49. The highest BCUT2D eigenvalue weighted by Gasteiger charge is 2.20. The molecule has 0 spiro atoms. The molecule has 0 aromatic heterocycles. The number of hydrogen-bond acceptors (Lipinski definition) is 3. The molecular formula is C20H24ClN3O. The van der Waals surface area contributed by atoms with E-state index in [1.165, 1.54) is 5.69 Å². The Morgan fingerprint density at radius 2 is 1.80 bits per heavy atom. The summed E-state index contributed by atoms with van der Waals surface area (Å²) in [6.07, 6.45) is 0.507. The van der Waals surface area contributed by atoms with E-state index in [9.17, 15) is 4.79 Å². The summed E-state index contributed by atoms with van der Waals surface area (Å²) in [7, 11) is 0. The van der Waals surface area contributed by atoms with Gasteiger partial charge in [-0.25, -0.2) is 0 Å². The van der Waals surface area contributed by atoms with Crippen molar-refractivity contribution in [1.29, 1.82) is 0 Å². The molecule has 3 rings (SSSR count). The van der Waals surface area contributed by atoms with Crippen molar-refractivity contribution < 1.29 is 4.79 Å². The van der Waals surface area contributed by atoms with Crippen molar-refractivity contribution >= 4 is 28.9 Å². The minimum absolute atomic E-state index is 0.215. The maximum atomic E-state index is 12.4. The molecule has 2 aromatic rings. The number of halogens is 1. The summed E-state index contributed by atoms with van der Waals surface area (Å²) in [5.41, 5.74) is 3.36. The maximum Gasteiger partial charge on any atom is 0.224 e. The molecule has 0 atom stereocenters. The van der Waals surface area contributed by atoms with E-state index in [0.717, 1.165) is 42.5 Å². The SMILES string of the molecule is Cc1cc(Cl)ccc1NCCC(=O)N1CCN(c2ccccc2)CC1. The second-order valence-electron chi connectivity index (χ2n) is 6.34. The summed E-state index contributed by atoms with van der Waals surface area (Å²) in [5, 5.41) is 4.06. The predicted molar refractivity (Wildman–Crippen MR) is 105 cm³/mol. The Labute approximate surface area is 154 Å². The van der Waals surface area contributed by atoms with Crippen LogP contribution in [0.4, 0.5) is 11.4 Å². The molecule has 1 heterocycles. The Bertz CT molecular complexity index is 712. The van der Waals surface area contributed by atoms with Gasteiger partial charge in [-0.15, -0.1) is 0 Å². The summed E-state index contributed by atoms with van der Waals surface area (Å²) in [6.45, 7) is 6.00. The van der Waals surface area contributed by atoms with Crippen LogP contribution in [0, 0.1) is 6.92 Å². The number of aryl methyl sites for hydroxylation is 1. The van der Waals surface area contributed by atoms with Gasteiger partial charge in [0.15, 0.2) is 0 Å². The van der Waals surface area contributed by atoms with Crippen molar-refractivity contribution in [2.24, 2.45) is 0 Å². The monoisotopic (exact) mass is 357 g/mol. The molecule has 1 amide bonds. The zero-order valence-corrected chi connectivity index (χ0v) is 15.3. The Balaban J connectivity index is 1.43. The molecule has 4 nitrogen and oxygen atoms in total. The van der Waals surface area contributed by atoms with E-state index in [0.29, 0.717) is 13.0 Å². The van der Waals surface area contributed by atoms with Gasteiger partial charge in [0.2, 0.25) is 5.91 Å². The second-order valence-corrected chi connectivity index (χ2v) is 6.78. The highest BCUT2D eigenvalue weighted by Crippen LogP contribution is 2.20. The van der Waals surface area contributed by atoms with Gasteiger partial charge in [-0.05, 0) is 42.8 Å². The van der Waals surface area contributed by atoms with Gasteiger partial charge < -0.3 is 15.1 Å². The van der Waals surface area contributed by atoms with Gasteiger partial charge in [0.25, 0.3) is 0 Å². The van der Waals surface area contributed by atoms with Crippen LogP contribution in [-0.4, -0.2) is 43.5 Å². The highest BCUT2D eigenvalue weighted by atomic mass is 35.5. The molecule has 132 valence electrons. The van der Waals surface area contributed by atoms with Gasteiger partial charge >= 0.3 is 0 Å². The molecule has 25 heavy (non-hydrogen) atoms. The Kier molecular flexibility index (Phi) is 5.82. The third-order valence-electron chi connectivity index (χ3n) is 4.60. The van der Waals surface area contributed by atoms with Crippen LogP contribution in [0.15, 0.2) is 48.5 Å². The van der Waals surface area contributed by atoms with Crippen LogP contribution in [0.5, 0.6) is 0 Å². The van der Waals surface area contributed by atoms with Gasteiger partial charge in [0, 0.05) is 55.5 Å². The number of carbonyl (C=O) groups excluding carboxylic acids is 1. The quantitative estimate of drug-likeness (QED) is 0.884. The fourth-order valence-electron chi connectivity index (χ4n) is 3.14. The minimum Gasteiger partial charge on any atom is -0.384 e. The fourth-order valence-corrected chi connectivity index (χ4v) is 3.37. The molecule has 1 aliphatic heterocycles. The molecule has 0 saturated carbocycles. The van der Waals surface area contributed by atoms with Gasteiger partial charge in [0.1, 0.15) is 0 Å². The molecular weight excluding hydrogens is 334 g/mol. The average Bonchev–Trinajstić information content (AvgIpc) is 2.64. The van der Waals surface area contributed by atoms with Crippen LogP contribution in [0.3, 0.4) is 0 Å². The van der Waals surface area contributed by atoms with Crippen molar-refractivity contribution in [2.75, 3.05) is 42.9 Å². The van der Waals surface area contributed by atoms with E-state index < -0.39 is 0 Å². The second kappa shape index (κ2) is 8.26. The van der Waals surface area contributed by atoms with E-state index in [-0.39, 0.29) is 5.91 Å². The minimum atomic E-state index is 0.215. The molecule has 2 aromatic carbocycles. The Morgan fingerprint density at radius 1 is 1.08 bits per heavy atom. The average molecular weight is 358 g/mol. The van der Waals surface area contributed by atoms with Crippen LogP contribution in [0.1, 0.15) is 12.0 Å². The van der Waals surface area contributed by atoms with Gasteiger partial charge in [-0.2, -0.15) is 0 Å². The summed E-state index contributed by atoms with van der Waals surface area (Å²) in [5.74, 6) is 0.215. The molecule has 0 unspecified atom stereocenters. The smallest absolute Gasteiger partial charge is 0.224 e. The first-order chi connectivity index (χ1) is 12.1. The normalized spacial score (nSPS) is 14.5. The number of nitrogens with zero attached hydrogens (tertiary/aromatic N) is 2. The van der Waals surface area contributed by atoms with Crippen LogP contribution >= 0.6 is 11.6 Å². The van der Waals surface area contributed by atoms with E-state index in [2.05, 4.69) is 34.5 Å². The number of benzene rings is 2. The first kappa shape index (κ1) is 17.6. The number of hydrogen-bond donors (Lipinski definition) is 1. The van der Waals surface area contributed by atoms with Crippen LogP contribution in [-0.2, 0) is 4.79 Å². The van der Waals surface area contributed by atoms with Crippen molar-refractivity contribution in [1.82, 2.24) is 4.90 Å². The number of anilines is 2. The Hall–Kier alpha value is -2.20. The van der Waals surface area contributed by atoms with Crippen molar-refractivity contribution in [3.05, 3.63) is 59.1 Å². The lowest BCUT2D eigenvalue weighted by atomic mass is 10.2. The molecule has 1 aliphatic rings. The number of nitrogens with one attached hydrogen (secondary N) is 1. The number of piperazine rings is 1. The molecule has 0 aliphatic carbocycles. The van der Waals surface area contributed by atoms with Crippen molar-refractivity contribution in [3.63, 3.8) is 0 Å². The number of para-hydroxylation sites is 1.